The van der Waals surface area contributed by atoms with Crippen molar-refractivity contribution >= 4 is 11.7 Å². The Hall–Kier alpha value is -2.39. The van der Waals surface area contributed by atoms with E-state index in [0.717, 1.165) is 12.1 Å². The predicted molar refractivity (Wildman–Crippen MR) is 54.0 cm³/mol. The topological polar surface area (TPSA) is 101 Å². The number of hydrogen-bond donors (Lipinski definition) is 2. The Labute approximate surface area is 90.3 Å². The summed E-state index contributed by atoms with van der Waals surface area (Å²) < 4.78 is 0. The molecular weight excluding hydrogens is 214 g/mol. The second kappa shape index (κ2) is 4.91. The van der Waals surface area contributed by atoms with Crippen LogP contribution in [0.5, 0.6) is 0 Å². The maximum atomic E-state index is 10.8. The van der Waals surface area contributed by atoms with Crippen LogP contribution in [-0.4, -0.2) is 27.7 Å². The summed E-state index contributed by atoms with van der Waals surface area (Å²) in [5.41, 5.74) is -0.436. The van der Waals surface area contributed by atoms with E-state index in [2.05, 4.69) is 11.8 Å². The largest absolute Gasteiger partial charge is 0.478 e. The molecule has 0 fully saturated rings. The molecule has 0 saturated carbocycles. The average Bonchev–Trinajstić information content (AvgIpc) is 2.25. The molecule has 0 heterocycles. The quantitative estimate of drug-likeness (QED) is 0.433. The lowest BCUT2D eigenvalue weighted by Crippen LogP contribution is -2.01. The maximum Gasteiger partial charge on any atom is 0.337 e. The summed E-state index contributed by atoms with van der Waals surface area (Å²) in [5, 5.41) is 27.7. The van der Waals surface area contributed by atoms with E-state index in [4.69, 9.17) is 10.2 Å². The first-order chi connectivity index (χ1) is 7.56. The first-order valence-electron chi connectivity index (χ1n) is 4.17. The second-order valence-electron chi connectivity index (χ2n) is 2.75. The van der Waals surface area contributed by atoms with Crippen molar-refractivity contribution in [1.82, 2.24) is 0 Å². The molecule has 0 bridgehead atoms. The number of carbonyl (C=O) groups is 1. The van der Waals surface area contributed by atoms with Crippen LogP contribution >= 0.6 is 0 Å². The van der Waals surface area contributed by atoms with E-state index in [-0.39, 0.29) is 16.8 Å². The van der Waals surface area contributed by atoms with Gasteiger partial charge >= 0.3 is 5.97 Å². The van der Waals surface area contributed by atoms with Gasteiger partial charge < -0.3 is 10.2 Å². The summed E-state index contributed by atoms with van der Waals surface area (Å²) in [6, 6.07) is 3.34. The highest BCUT2D eigenvalue weighted by Crippen LogP contribution is 2.17. The number of aliphatic hydroxyl groups excluding tert-OH is 1. The van der Waals surface area contributed by atoms with E-state index in [9.17, 15) is 14.9 Å². The van der Waals surface area contributed by atoms with E-state index in [0.29, 0.717) is 0 Å². The Balaban J connectivity index is 3.30. The molecule has 0 aliphatic heterocycles. The summed E-state index contributed by atoms with van der Waals surface area (Å²) in [6.07, 6.45) is 0. The Bertz CT molecular complexity index is 498. The number of aromatic carboxylic acids is 1. The van der Waals surface area contributed by atoms with Crippen molar-refractivity contribution in [1.29, 1.82) is 0 Å². The SMILES string of the molecule is O=C(O)c1cc([N+](=O)[O-])ccc1C#CCO. The highest BCUT2D eigenvalue weighted by Gasteiger charge is 2.14. The zero-order valence-corrected chi connectivity index (χ0v) is 8.01. The molecule has 16 heavy (non-hydrogen) atoms. The Morgan fingerprint density at radius 2 is 2.19 bits per heavy atom. The third-order valence-electron chi connectivity index (χ3n) is 1.75. The lowest BCUT2D eigenvalue weighted by Gasteiger charge is -1.98. The fourth-order valence-corrected chi connectivity index (χ4v) is 1.07. The molecule has 0 spiro atoms. The molecule has 0 amide bonds. The van der Waals surface area contributed by atoms with Crippen LogP contribution in [0.25, 0.3) is 0 Å². The first kappa shape index (κ1) is 11.7. The molecule has 1 aromatic rings. The molecule has 82 valence electrons. The lowest BCUT2D eigenvalue weighted by atomic mass is 10.1. The number of aliphatic hydroxyl groups is 1. The number of nitrogens with zero attached hydrogens (tertiary/aromatic N) is 1. The third kappa shape index (κ3) is 2.56. The zero-order chi connectivity index (χ0) is 12.1. The van der Waals surface area contributed by atoms with Crippen molar-refractivity contribution in [3.05, 3.63) is 39.4 Å². The molecule has 6 heteroatoms. The highest BCUT2D eigenvalue weighted by molar-refractivity contribution is 5.91. The van der Waals surface area contributed by atoms with Crippen molar-refractivity contribution in [2.75, 3.05) is 6.61 Å². The Kier molecular flexibility index (Phi) is 3.58. The third-order valence-corrected chi connectivity index (χ3v) is 1.75. The van der Waals surface area contributed by atoms with Crippen molar-refractivity contribution in [3.63, 3.8) is 0 Å². The number of nitro groups is 1. The van der Waals surface area contributed by atoms with Crippen LogP contribution in [0, 0.1) is 22.0 Å². The van der Waals surface area contributed by atoms with Crippen LogP contribution in [0.4, 0.5) is 5.69 Å². The molecule has 0 radical (unpaired) electrons. The molecule has 0 saturated heterocycles. The van der Waals surface area contributed by atoms with Gasteiger partial charge in [-0.2, -0.15) is 0 Å². The van der Waals surface area contributed by atoms with Gasteiger partial charge in [0.15, 0.2) is 0 Å². The molecule has 0 aromatic heterocycles. The summed E-state index contributed by atoms with van der Waals surface area (Å²) in [4.78, 5) is 20.6. The van der Waals surface area contributed by atoms with Gasteiger partial charge in [0.2, 0.25) is 0 Å². The van der Waals surface area contributed by atoms with Gasteiger partial charge in [0.1, 0.15) is 6.61 Å². The fraction of sp³-hybridized carbons (Fsp3) is 0.100. The second-order valence-corrected chi connectivity index (χ2v) is 2.75. The van der Waals surface area contributed by atoms with Gasteiger partial charge in [0.05, 0.1) is 10.5 Å². The van der Waals surface area contributed by atoms with Crippen LogP contribution in [-0.2, 0) is 0 Å². The van der Waals surface area contributed by atoms with E-state index >= 15 is 0 Å². The molecule has 0 aliphatic carbocycles. The number of carboxylic acids is 1. The van der Waals surface area contributed by atoms with Gasteiger partial charge in [-0.1, -0.05) is 11.8 Å². The van der Waals surface area contributed by atoms with Gasteiger partial charge in [0.25, 0.3) is 5.69 Å². The van der Waals surface area contributed by atoms with E-state index in [1.165, 1.54) is 6.07 Å². The molecule has 6 nitrogen and oxygen atoms in total. The predicted octanol–water partition coefficient (Wildman–Crippen LogP) is 0.637. The number of non-ortho nitro benzene ring substituents is 1. The number of hydrogen-bond acceptors (Lipinski definition) is 4. The van der Waals surface area contributed by atoms with Gasteiger partial charge in [-0.15, -0.1) is 0 Å². The smallest absolute Gasteiger partial charge is 0.337 e. The molecule has 2 N–H and O–H groups in total. The zero-order valence-electron chi connectivity index (χ0n) is 8.01. The monoisotopic (exact) mass is 221 g/mol. The van der Waals surface area contributed by atoms with Gasteiger partial charge in [-0.3, -0.25) is 10.1 Å². The summed E-state index contributed by atoms with van der Waals surface area (Å²) in [5.74, 6) is 3.39. The van der Waals surface area contributed by atoms with Crippen LogP contribution in [0.2, 0.25) is 0 Å². The standard InChI is InChI=1S/C10H7NO5/c12-5-1-2-7-3-4-8(11(15)16)6-9(7)10(13)14/h3-4,6,12H,5H2,(H,13,14). The maximum absolute atomic E-state index is 10.8. The number of carboxylic acid groups (broad SMARTS) is 1. The van der Waals surface area contributed by atoms with E-state index in [1.807, 2.05) is 0 Å². The molecule has 0 aliphatic rings. The minimum absolute atomic E-state index is 0.132. The lowest BCUT2D eigenvalue weighted by molar-refractivity contribution is -0.384. The van der Waals surface area contributed by atoms with Crippen molar-refractivity contribution in [2.45, 2.75) is 0 Å². The van der Waals surface area contributed by atoms with Gasteiger partial charge in [0, 0.05) is 17.7 Å². The summed E-state index contributed by atoms with van der Waals surface area (Å²) >= 11 is 0. The van der Waals surface area contributed by atoms with Crippen LogP contribution in [0.15, 0.2) is 18.2 Å². The van der Waals surface area contributed by atoms with E-state index in [1.54, 1.807) is 0 Å². The fourth-order valence-electron chi connectivity index (χ4n) is 1.07. The van der Waals surface area contributed by atoms with Gasteiger partial charge in [-0.25, -0.2) is 4.79 Å². The number of nitro benzene ring substituents is 1. The molecule has 1 aromatic carbocycles. The van der Waals surface area contributed by atoms with Crippen molar-refractivity contribution in [3.8, 4) is 11.8 Å². The molecular formula is C10H7NO5. The van der Waals surface area contributed by atoms with Crippen molar-refractivity contribution < 1.29 is 19.9 Å². The Morgan fingerprint density at radius 3 is 2.69 bits per heavy atom. The minimum atomic E-state index is -1.30. The first-order valence-corrected chi connectivity index (χ1v) is 4.17. The van der Waals surface area contributed by atoms with Crippen LogP contribution in [0.3, 0.4) is 0 Å². The highest BCUT2D eigenvalue weighted by atomic mass is 16.6. The summed E-state index contributed by atoms with van der Waals surface area (Å²) in [7, 11) is 0. The molecule has 0 atom stereocenters. The molecule has 1 rings (SSSR count). The van der Waals surface area contributed by atoms with E-state index < -0.39 is 17.5 Å². The number of benzene rings is 1. The van der Waals surface area contributed by atoms with Crippen molar-refractivity contribution in [2.24, 2.45) is 0 Å². The Morgan fingerprint density at radius 1 is 1.50 bits per heavy atom. The normalized spacial score (nSPS) is 9.06. The molecule has 0 unspecified atom stereocenters. The minimum Gasteiger partial charge on any atom is -0.478 e. The summed E-state index contributed by atoms with van der Waals surface area (Å²) in [6.45, 7) is -0.407. The number of rotatable bonds is 2. The average molecular weight is 221 g/mol. The van der Waals surface area contributed by atoms with Crippen LogP contribution in [0.1, 0.15) is 15.9 Å². The van der Waals surface area contributed by atoms with Gasteiger partial charge in [-0.05, 0) is 6.07 Å². The van der Waals surface area contributed by atoms with Crippen LogP contribution < -0.4 is 0 Å².